The van der Waals surface area contributed by atoms with E-state index in [9.17, 15) is 0 Å². The number of anilines is 1. The summed E-state index contributed by atoms with van der Waals surface area (Å²) in [6.07, 6.45) is 4.24. The van der Waals surface area contributed by atoms with Gasteiger partial charge in [0.15, 0.2) is 5.84 Å². The standard InChI is InChI=1S/C11H19N5O/c1-4-8(2)7-16(3)10-6-13-9(5-14-10)11(12)15-17/h5-6,8,17H,4,7H2,1-3H3,(H2,12,15). The maximum Gasteiger partial charge on any atom is 0.190 e. The highest BCUT2D eigenvalue weighted by atomic mass is 16.4. The molecular weight excluding hydrogens is 218 g/mol. The van der Waals surface area contributed by atoms with Gasteiger partial charge in [0.25, 0.3) is 0 Å². The molecule has 1 rings (SSSR count). The highest BCUT2D eigenvalue weighted by molar-refractivity contribution is 5.94. The summed E-state index contributed by atoms with van der Waals surface area (Å²) in [5.74, 6) is 1.35. The highest BCUT2D eigenvalue weighted by Crippen LogP contribution is 2.10. The van der Waals surface area contributed by atoms with E-state index in [0.29, 0.717) is 11.6 Å². The lowest BCUT2D eigenvalue weighted by Crippen LogP contribution is -2.25. The van der Waals surface area contributed by atoms with Gasteiger partial charge in [0.2, 0.25) is 0 Å². The Morgan fingerprint density at radius 2 is 2.24 bits per heavy atom. The normalized spacial score (nSPS) is 13.5. The van der Waals surface area contributed by atoms with Gasteiger partial charge in [-0.15, -0.1) is 0 Å². The summed E-state index contributed by atoms with van der Waals surface area (Å²) < 4.78 is 0. The van der Waals surface area contributed by atoms with Crippen molar-refractivity contribution in [3.8, 4) is 0 Å². The fraction of sp³-hybridized carbons (Fsp3) is 0.545. The van der Waals surface area contributed by atoms with Crippen LogP contribution >= 0.6 is 0 Å². The molecule has 0 amide bonds. The molecule has 94 valence electrons. The zero-order valence-electron chi connectivity index (χ0n) is 10.5. The molecule has 0 aliphatic rings. The van der Waals surface area contributed by atoms with E-state index in [1.54, 1.807) is 6.20 Å². The Kier molecular flexibility index (Phi) is 4.68. The van der Waals surface area contributed by atoms with Crippen LogP contribution in [0.25, 0.3) is 0 Å². The molecule has 1 unspecified atom stereocenters. The molecule has 1 aromatic heterocycles. The van der Waals surface area contributed by atoms with Crippen molar-refractivity contribution in [2.24, 2.45) is 16.8 Å². The van der Waals surface area contributed by atoms with Crippen molar-refractivity contribution in [2.75, 3.05) is 18.5 Å². The molecule has 0 radical (unpaired) electrons. The fourth-order valence-electron chi connectivity index (χ4n) is 1.39. The molecule has 17 heavy (non-hydrogen) atoms. The predicted molar refractivity (Wildman–Crippen MR) is 67.3 cm³/mol. The molecule has 1 aromatic rings. The lowest BCUT2D eigenvalue weighted by molar-refractivity contribution is 0.318. The summed E-state index contributed by atoms with van der Waals surface area (Å²) in [6, 6.07) is 0. The molecule has 0 fully saturated rings. The molecule has 0 spiro atoms. The topological polar surface area (TPSA) is 87.6 Å². The second kappa shape index (κ2) is 6.03. The Morgan fingerprint density at radius 3 is 2.71 bits per heavy atom. The van der Waals surface area contributed by atoms with E-state index >= 15 is 0 Å². The van der Waals surface area contributed by atoms with Crippen LogP contribution in [-0.4, -0.2) is 34.6 Å². The summed E-state index contributed by atoms with van der Waals surface area (Å²) in [6.45, 7) is 5.27. The van der Waals surface area contributed by atoms with Crippen LogP contribution in [0.3, 0.4) is 0 Å². The minimum atomic E-state index is -0.0337. The maximum absolute atomic E-state index is 8.50. The molecule has 6 nitrogen and oxygen atoms in total. The van der Waals surface area contributed by atoms with Crippen LogP contribution in [0.15, 0.2) is 17.5 Å². The SMILES string of the molecule is CCC(C)CN(C)c1cnc(C(N)=NO)cn1. The first-order valence-corrected chi connectivity index (χ1v) is 5.59. The second-order valence-electron chi connectivity index (χ2n) is 4.14. The lowest BCUT2D eigenvalue weighted by atomic mass is 10.1. The molecule has 3 N–H and O–H groups in total. The quantitative estimate of drug-likeness (QED) is 0.346. The Balaban J connectivity index is 2.73. The number of rotatable bonds is 5. The molecule has 0 saturated heterocycles. The van der Waals surface area contributed by atoms with Crippen LogP contribution in [0.2, 0.25) is 0 Å². The first kappa shape index (κ1) is 13.2. The number of hydrogen-bond donors (Lipinski definition) is 2. The molecule has 1 heterocycles. The third-order valence-electron chi connectivity index (χ3n) is 2.68. The number of hydrogen-bond acceptors (Lipinski definition) is 5. The number of nitrogens with two attached hydrogens (primary N) is 1. The van der Waals surface area contributed by atoms with Gasteiger partial charge in [0, 0.05) is 13.6 Å². The van der Waals surface area contributed by atoms with Crippen LogP contribution in [-0.2, 0) is 0 Å². The molecule has 0 aromatic carbocycles. The Morgan fingerprint density at radius 1 is 1.53 bits per heavy atom. The smallest absolute Gasteiger partial charge is 0.190 e. The Hall–Kier alpha value is -1.85. The average Bonchev–Trinajstić information content (AvgIpc) is 2.37. The minimum Gasteiger partial charge on any atom is -0.409 e. The summed E-state index contributed by atoms with van der Waals surface area (Å²) >= 11 is 0. The highest BCUT2D eigenvalue weighted by Gasteiger charge is 2.08. The van der Waals surface area contributed by atoms with Gasteiger partial charge in [0.1, 0.15) is 11.5 Å². The molecule has 0 aliphatic heterocycles. The van der Waals surface area contributed by atoms with E-state index in [4.69, 9.17) is 10.9 Å². The summed E-state index contributed by atoms with van der Waals surface area (Å²) in [5.41, 5.74) is 5.78. The van der Waals surface area contributed by atoms with Gasteiger partial charge in [-0.25, -0.2) is 9.97 Å². The molecule has 0 bridgehead atoms. The van der Waals surface area contributed by atoms with Crippen LogP contribution < -0.4 is 10.6 Å². The largest absolute Gasteiger partial charge is 0.409 e. The van der Waals surface area contributed by atoms with E-state index in [1.807, 2.05) is 11.9 Å². The van der Waals surface area contributed by atoms with Gasteiger partial charge in [-0.2, -0.15) is 0 Å². The predicted octanol–water partition coefficient (Wildman–Crippen LogP) is 1.05. The zero-order chi connectivity index (χ0) is 12.8. The van der Waals surface area contributed by atoms with Gasteiger partial charge < -0.3 is 15.8 Å². The van der Waals surface area contributed by atoms with E-state index in [1.165, 1.54) is 6.20 Å². The van der Waals surface area contributed by atoms with Crippen molar-refractivity contribution in [2.45, 2.75) is 20.3 Å². The van der Waals surface area contributed by atoms with Crippen molar-refractivity contribution in [1.29, 1.82) is 0 Å². The third-order valence-corrected chi connectivity index (χ3v) is 2.68. The monoisotopic (exact) mass is 237 g/mol. The number of amidine groups is 1. The second-order valence-corrected chi connectivity index (χ2v) is 4.14. The zero-order valence-corrected chi connectivity index (χ0v) is 10.5. The van der Waals surface area contributed by atoms with E-state index in [0.717, 1.165) is 18.8 Å². The van der Waals surface area contributed by atoms with E-state index in [-0.39, 0.29) is 5.84 Å². The third kappa shape index (κ3) is 3.58. The van der Waals surface area contributed by atoms with Crippen molar-refractivity contribution < 1.29 is 5.21 Å². The minimum absolute atomic E-state index is 0.0337. The summed E-state index contributed by atoms with van der Waals surface area (Å²) in [5, 5.41) is 11.4. The average molecular weight is 237 g/mol. The van der Waals surface area contributed by atoms with Crippen molar-refractivity contribution in [3.05, 3.63) is 18.1 Å². The fourth-order valence-corrected chi connectivity index (χ4v) is 1.39. The summed E-state index contributed by atoms with van der Waals surface area (Å²) in [4.78, 5) is 10.3. The van der Waals surface area contributed by atoms with E-state index in [2.05, 4.69) is 29.0 Å². The van der Waals surface area contributed by atoms with Crippen molar-refractivity contribution >= 4 is 11.7 Å². The van der Waals surface area contributed by atoms with Gasteiger partial charge in [-0.1, -0.05) is 25.4 Å². The first-order chi connectivity index (χ1) is 8.08. The molecular formula is C11H19N5O. The van der Waals surface area contributed by atoms with Crippen LogP contribution in [0.5, 0.6) is 0 Å². The van der Waals surface area contributed by atoms with Gasteiger partial charge in [0.05, 0.1) is 12.4 Å². The summed E-state index contributed by atoms with van der Waals surface area (Å²) in [7, 11) is 1.97. The Labute approximate surface area is 101 Å². The number of oxime groups is 1. The van der Waals surface area contributed by atoms with Crippen molar-refractivity contribution in [1.82, 2.24) is 9.97 Å². The molecule has 0 aliphatic carbocycles. The van der Waals surface area contributed by atoms with Crippen LogP contribution in [0, 0.1) is 5.92 Å². The van der Waals surface area contributed by atoms with E-state index < -0.39 is 0 Å². The van der Waals surface area contributed by atoms with Gasteiger partial charge in [-0.05, 0) is 5.92 Å². The molecule has 6 heteroatoms. The maximum atomic E-state index is 8.50. The lowest BCUT2D eigenvalue weighted by Gasteiger charge is -2.21. The molecule has 0 saturated carbocycles. The van der Waals surface area contributed by atoms with Crippen LogP contribution in [0.4, 0.5) is 5.82 Å². The number of aromatic nitrogens is 2. The van der Waals surface area contributed by atoms with Gasteiger partial charge in [-0.3, -0.25) is 0 Å². The van der Waals surface area contributed by atoms with Crippen LogP contribution in [0.1, 0.15) is 26.0 Å². The Bertz CT molecular complexity index is 376. The number of nitrogens with zero attached hydrogens (tertiary/aromatic N) is 4. The van der Waals surface area contributed by atoms with Gasteiger partial charge >= 0.3 is 0 Å². The first-order valence-electron chi connectivity index (χ1n) is 5.59. The molecule has 1 atom stereocenters. The van der Waals surface area contributed by atoms with Crippen molar-refractivity contribution in [3.63, 3.8) is 0 Å².